The van der Waals surface area contributed by atoms with Crippen molar-refractivity contribution in [2.45, 2.75) is 18.9 Å². The molecule has 0 saturated carbocycles. The average molecular weight is 381 g/mol. The maximum Gasteiger partial charge on any atom is 0.264 e. The van der Waals surface area contributed by atoms with E-state index in [-0.39, 0.29) is 23.8 Å². The molecular weight excluding hydrogens is 362 g/mol. The van der Waals surface area contributed by atoms with Gasteiger partial charge in [-0.3, -0.25) is 14.7 Å². The lowest BCUT2D eigenvalue weighted by molar-refractivity contribution is 0.0787. The summed E-state index contributed by atoms with van der Waals surface area (Å²) in [6.45, 7) is 2.72. The fraction of sp³-hybridized carbons (Fsp3) is 0.263. The van der Waals surface area contributed by atoms with E-state index in [1.54, 1.807) is 17.0 Å². The lowest BCUT2D eigenvalue weighted by Crippen LogP contribution is -2.40. The van der Waals surface area contributed by atoms with Gasteiger partial charge in [0, 0.05) is 18.7 Å². The van der Waals surface area contributed by atoms with Crippen molar-refractivity contribution in [3.8, 4) is 0 Å². The van der Waals surface area contributed by atoms with E-state index >= 15 is 0 Å². The molecule has 1 saturated heterocycles. The van der Waals surface area contributed by atoms with Crippen molar-refractivity contribution in [2.24, 2.45) is 0 Å². The van der Waals surface area contributed by atoms with Crippen LogP contribution in [0.25, 0.3) is 0 Å². The third kappa shape index (κ3) is 3.61. The molecule has 2 N–H and O–H groups in total. The fourth-order valence-corrected chi connectivity index (χ4v) is 3.99. The summed E-state index contributed by atoms with van der Waals surface area (Å²) in [4.78, 5) is 32.3. The number of carbonyl (C=O) groups is 2. The van der Waals surface area contributed by atoms with Gasteiger partial charge >= 0.3 is 0 Å². The number of likely N-dealkylation sites (tertiary alicyclic amines) is 1. The summed E-state index contributed by atoms with van der Waals surface area (Å²) < 4.78 is 0. The smallest absolute Gasteiger partial charge is 0.264 e. The van der Waals surface area contributed by atoms with Gasteiger partial charge in [0.2, 0.25) is 0 Å². The van der Waals surface area contributed by atoms with Crippen molar-refractivity contribution in [1.29, 1.82) is 0 Å². The molecule has 1 aromatic carbocycles. The molecule has 2 aromatic heterocycles. The summed E-state index contributed by atoms with van der Waals surface area (Å²) in [6.07, 6.45) is 0. The zero-order valence-corrected chi connectivity index (χ0v) is 15.6. The van der Waals surface area contributed by atoms with E-state index in [1.807, 2.05) is 42.6 Å². The van der Waals surface area contributed by atoms with Gasteiger partial charge in [0.05, 0.1) is 16.8 Å². The van der Waals surface area contributed by atoms with Crippen molar-refractivity contribution in [3.63, 3.8) is 0 Å². The van der Waals surface area contributed by atoms with Crippen LogP contribution in [0.2, 0.25) is 0 Å². The van der Waals surface area contributed by atoms with Gasteiger partial charge in [-0.25, -0.2) is 4.98 Å². The molecule has 1 fully saturated rings. The van der Waals surface area contributed by atoms with Crippen LogP contribution in [0.3, 0.4) is 0 Å². The van der Waals surface area contributed by atoms with E-state index in [0.717, 1.165) is 0 Å². The number of hydrogen-bond donors (Lipinski definition) is 2. The summed E-state index contributed by atoms with van der Waals surface area (Å²) in [5.41, 5.74) is 0.588. The van der Waals surface area contributed by atoms with Crippen LogP contribution < -0.4 is 5.32 Å². The molecule has 0 aliphatic carbocycles. The van der Waals surface area contributed by atoms with Crippen molar-refractivity contribution >= 4 is 23.2 Å². The Morgan fingerprint density at radius 3 is 2.67 bits per heavy atom. The average Bonchev–Trinajstić information content (AvgIpc) is 3.42. The minimum atomic E-state index is -0.253. The summed E-state index contributed by atoms with van der Waals surface area (Å²) in [7, 11) is 0. The first kappa shape index (κ1) is 17.4. The second-order valence-electron chi connectivity index (χ2n) is 6.52. The van der Waals surface area contributed by atoms with Gasteiger partial charge in [-0.2, -0.15) is 5.10 Å². The molecule has 27 heavy (non-hydrogen) atoms. The zero-order valence-electron chi connectivity index (χ0n) is 14.8. The normalized spacial score (nSPS) is 19.2. The Morgan fingerprint density at radius 1 is 1.19 bits per heavy atom. The van der Waals surface area contributed by atoms with Gasteiger partial charge in [-0.05, 0) is 30.5 Å². The van der Waals surface area contributed by atoms with Gasteiger partial charge in [0.25, 0.3) is 11.8 Å². The first-order valence-corrected chi connectivity index (χ1v) is 9.57. The predicted molar refractivity (Wildman–Crippen MR) is 102 cm³/mol. The molecule has 2 amide bonds. The number of carbonyl (C=O) groups excluding carboxylic acids is 2. The minimum absolute atomic E-state index is 0.0290. The van der Waals surface area contributed by atoms with Gasteiger partial charge in [0.1, 0.15) is 5.82 Å². The number of nitrogens with zero attached hydrogens (tertiary/aromatic N) is 3. The first-order chi connectivity index (χ1) is 13.1. The molecule has 1 aliphatic rings. The number of amides is 2. The highest BCUT2D eigenvalue weighted by atomic mass is 32.1. The number of benzene rings is 1. The molecule has 8 heteroatoms. The van der Waals surface area contributed by atoms with E-state index < -0.39 is 0 Å². The van der Waals surface area contributed by atoms with Crippen molar-refractivity contribution < 1.29 is 9.59 Å². The second kappa shape index (κ2) is 7.32. The maximum atomic E-state index is 12.8. The molecule has 0 radical (unpaired) electrons. The van der Waals surface area contributed by atoms with Crippen LogP contribution in [-0.4, -0.2) is 51.0 Å². The number of aryl methyl sites for hydroxylation is 1. The molecule has 4 rings (SSSR count). The molecule has 3 aromatic rings. The SMILES string of the molecule is Cc1nc(C2CN(C(=O)c3cccs3)CC2NC(=O)c2ccccc2)n[nH]1. The number of aromatic nitrogens is 3. The van der Waals surface area contributed by atoms with Crippen LogP contribution in [0.1, 0.15) is 37.6 Å². The maximum absolute atomic E-state index is 12.8. The fourth-order valence-electron chi connectivity index (χ4n) is 3.30. The number of rotatable bonds is 4. The Balaban J connectivity index is 1.56. The summed E-state index contributed by atoms with van der Waals surface area (Å²) >= 11 is 1.42. The van der Waals surface area contributed by atoms with Crippen LogP contribution in [-0.2, 0) is 0 Å². The Hall–Kier alpha value is -3.00. The monoisotopic (exact) mass is 381 g/mol. The molecule has 2 unspecified atom stereocenters. The Bertz CT molecular complexity index is 938. The summed E-state index contributed by atoms with van der Waals surface area (Å²) in [5, 5.41) is 12.1. The van der Waals surface area contributed by atoms with Crippen LogP contribution in [0.4, 0.5) is 0 Å². The standard InChI is InChI=1S/C19H19N5O2S/c1-12-20-17(23-22-12)14-10-24(19(26)16-8-5-9-27-16)11-15(14)21-18(25)13-6-3-2-4-7-13/h2-9,14-15H,10-11H2,1H3,(H,21,25)(H,20,22,23). The van der Waals surface area contributed by atoms with Crippen molar-refractivity contribution in [1.82, 2.24) is 25.4 Å². The summed E-state index contributed by atoms with van der Waals surface area (Å²) in [5.74, 6) is 0.974. The Morgan fingerprint density at radius 2 is 2.00 bits per heavy atom. The van der Waals surface area contributed by atoms with E-state index in [4.69, 9.17) is 0 Å². The molecular formula is C19H19N5O2S. The lowest BCUT2D eigenvalue weighted by atomic mass is 10.0. The highest BCUT2D eigenvalue weighted by molar-refractivity contribution is 7.12. The predicted octanol–water partition coefficient (Wildman–Crippen LogP) is 2.21. The van der Waals surface area contributed by atoms with Gasteiger partial charge in [-0.1, -0.05) is 24.3 Å². The van der Waals surface area contributed by atoms with E-state index in [9.17, 15) is 9.59 Å². The largest absolute Gasteiger partial charge is 0.347 e. The van der Waals surface area contributed by atoms with Crippen LogP contribution in [0.15, 0.2) is 47.8 Å². The zero-order chi connectivity index (χ0) is 18.8. The molecule has 1 aliphatic heterocycles. The number of nitrogens with one attached hydrogen (secondary N) is 2. The Labute approximate surface area is 160 Å². The molecule has 2 atom stereocenters. The van der Waals surface area contributed by atoms with E-state index in [1.165, 1.54) is 11.3 Å². The number of H-pyrrole nitrogens is 1. The second-order valence-corrected chi connectivity index (χ2v) is 7.47. The lowest BCUT2D eigenvalue weighted by Gasteiger charge is -2.17. The number of aromatic amines is 1. The van der Waals surface area contributed by atoms with Crippen LogP contribution in [0.5, 0.6) is 0 Å². The van der Waals surface area contributed by atoms with Gasteiger partial charge < -0.3 is 10.2 Å². The van der Waals surface area contributed by atoms with Gasteiger partial charge in [-0.15, -0.1) is 11.3 Å². The van der Waals surface area contributed by atoms with Crippen molar-refractivity contribution in [3.05, 3.63) is 69.9 Å². The third-order valence-corrected chi connectivity index (χ3v) is 5.50. The third-order valence-electron chi connectivity index (χ3n) is 4.64. The molecule has 0 spiro atoms. The summed E-state index contributed by atoms with van der Waals surface area (Å²) in [6, 6.07) is 12.5. The quantitative estimate of drug-likeness (QED) is 0.725. The highest BCUT2D eigenvalue weighted by Crippen LogP contribution is 2.28. The first-order valence-electron chi connectivity index (χ1n) is 8.69. The van der Waals surface area contributed by atoms with Crippen LogP contribution in [0, 0.1) is 6.92 Å². The van der Waals surface area contributed by atoms with Crippen molar-refractivity contribution in [2.75, 3.05) is 13.1 Å². The molecule has 3 heterocycles. The minimum Gasteiger partial charge on any atom is -0.347 e. The number of hydrogen-bond acceptors (Lipinski definition) is 5. The Kier molecular flexibility index (Phi) is 4.72. The highest BCUT2D eigenvalue weighted by Gasteiger charge is 2.39. The number of thiophene rings is 1. The topological polar surface area (TPSA) is 91.0 Å². The molecule has 0 bridgehead atoms. The van der Waals surface area contributed by atoms with E-state index in [2.05, 4.69) is 20.5 Å². The van der Waals surface area contributed by atoms with Gasteiger partial charge in [0.15, 0.2) is 5.82 Å². The molecule has 138 valence electrons. The van der Waals surface area contributed by atoms with Crippen LogP contribution >= 0.6 is 11.3 Å². The molecule has 7 nitrogen and oxygen atoms in total. The van der Waals surface area contributed by atoms with E-state index in [0.29, 0.717) is 35.2 Å².